The zero-order valence-electron chi connectivity index (χ0n) is 19.7. The Morgan fingerprint density at radius 2 is 1.73 bits per heavy atom. The second-order valence-corrected chi connectivity index (χ2v) is 13.5. The molecule has 1 amide bonds. The predicted molar refractivity (Wildman–Crippen MR) is 137 cm³/mol. The second-order valence-electron chi connectivity index (χ2n) is 8.39. The van der Waals surface area contributed by atoms with Gasteiger partial charge in [-0.15, -0.1) is 0 Å². The van der Waals surface area contributed by atoms with E-state index in [2.05, 4.69) is 10.3 Å². The summed E-state index contributed by atoms with van der Waals surface area (Å²) < 4.78 is 53.3. The van der Waals surface area contributed by atoms with Gasteiger partial charge in [-0.2, -0.15) is 4.31 Å². The summed E-state index contributed by atoms with van der Waals surface area (Å²) in [7, 11) is -7.67. The first kappa shape index (κ1) is 26.9. The van der Waals surface area contributed by atoms with E-state index in [4.69, 9.17) is 0 Å². The summed E-state index contributed by atoms with van der Waals surface area (Å²) in [4.78, 5) is 26.8. The van der Waals surface area contributed by atoms with Gasteiger partial charge in [-0.1, -0.05) is 24.7 Å². The topological polar surface area (TPSA) is 157 Å². The normalized spacial score (nSPS) is 16.8. The zero-order valence-corrected chi connectivity index (χ0v) is 22.2. The monoisotopic (exact) mass is 564 g/mol. The molecule has 4 rings (SSSR count). The molecule has 196 valence electrons. The quantitative estimate of drug-likeness (QED) is 0.317. The number of aromatic nitrogens is 1. The fourth-order valence-electron chi connectivity index (χ4n) is 4.09. The van der Waals surface area contributed by atoms with E-state index >= 15 is 0 Å². The van der Waals surface area contributed by atoms with Crippen molar-refractivity contribution in [2.45, 2.75) is 52.6 Å². The molecular formula is C23H24N4O7S3. The van der Waals surface area contributed by atoms with Crippen LogP contribution in [0.2, 0.25) is 0 Å². The maximum atomic E-state index is 13.1. The van der Waals surface area contributed by atoms with Crippen LogP contribution in [0, 0.1) is 10.1 Å². The lowest BCUT2D eigenvalue weighted by Gasteiger charge is -2.34. The van der Waals surface area contributed by atoms with Gasteiger partial charge in [0.1, 0.15) is 4.21 Å². The third kappa shape index (κ3) is 5.56. The van der Waals surface area contributed by atoms with Crippen LogP contribution in [-0.2, 0) is 19.9 Å². The smallest absolute Gasteiger partial charge is 0.269 e. The fraction of sp³-hybridized carbons (Fsp3) is 0.304. The Morgan fingerprint density at radius 1 is 1.08 bits per heavy atom. The van der Waals surface area contributed by atoms with Crippen LogP contribution in [0.5, 0.6) is 0 Å². The van der Waals surface area contributed by atoms with Gasteiger partial charge in [-0.05, 0) is 55.7 Å². The van der Waals surface area contributed by atoms with Crippen LogP contribution in [0.25, 0.3) is 0 Å². The lowest BCUT2D eigenvalue weighted by Crippen LogP contribution is -2.43. The van der Waals surface area contributed by atoms with Gasteiger partial charge >= 0.3 is 0 Å². The van der Waals surface area contributed by atoms with Crippen LogP contribution in [0.15, 0.2) is 68.7 Å². The van der Waals surface area contributed by atoms with E-state index in [1.807, 2.05) is 6.92 Å². The summed E-state index contributed by atoms with van der Waals surface area (Å²) in [5, 5.41) is 13.3. The lowest BCUT2D eigenvalue weighted by molar-refractivity contribution is -0.384. The average molecular weight is 565 g/mol. The summed E-state index contributed by atoms with van der Waals surface area (Å²) >= 11 is 0.730. The maximum Gasteiger partial charge on any atom is 0.269 e. The third-order valence-corrected chi connectivity index (χ3v) is 11.2. The van der Waals surface area contributed by atoms with E-state index in [0.717, 1.165) is 67.5 Å². The number of sulfone groups is 1. The molecule has 0 radical (unpaired) electrons. The van der Waals surface area contributed by atoms with Crippen molar-refractivity contribution >= 4 is 47.9 Å². The maximum absolute atomic E-state index is 13.1. The van der Waals surface area contributed by atoms with Gasteiger partial charge in [0.05, 0.1) is 20.9 Å². The van der Waals surface area contributed by atoms with Crippen molar-refractivity contribution in [3.05, 3.63) is 70.4 Å². The Labute approximate surface area is 218 Å². The SMILES string of the molecule is CCC1CCCCN1S(=O)(=O)c1ccc(C(=O)Nc2ncc(S(=O)(=O)c3ccc([N+](=O)[O-])cc3)s2)cc1. The third-order valence-electron chi connectivity index (χ3n) is 6.10. The van der Waals surface area contributed by atoms with E-state index in [9.17, 15) is 31.7 Å². The summed E-state index contributed by atoms with van der Waals surface area (Å²) in [5.74, 6) is -0.581. The van der Waals surface area contributed by atoms with Crippen molar-refractivity contribution in [2.24, 2.45) is 0 Å². The minimum Gasteiger partial charge on any atom is -0.298 e. The zero-order chi connectivity index (χ0) is 26.8. The Bertz CT molecular complexity index is 1520. The number of thiazole rings is 1. The van der Waals surface area contributed by atoms with E-state index in [0.29, 0.717) is 6.54 Å². The van der Waals surface area contributed by atoms with Crippen molar-refractivity contribution in [3.63, 3.8) is 0 Å². The molecule has 1 saturated heterocycles. The van der Waals surface area contributed by atoms with Gasteiger partial charge in [-0.3, -0.25) is 20.2 Å². The number of piperidine rings is 1. The predicted octanol–water partition coefficient (Wildman–Crippen LogP) is 4.09. The molecule has 1 aromatic heterocycles. The molecule has 1 atom stereocenters. The van der Waals surface area contributed by atoms with E-state index < -0.39 is 30.7 Å². The molecule has 2 heterocycles. The number of nitrogens with zero attached hydrogens (tertiary/aromatic N) is 3. The highest BCUT2D eigenvalue weighted by Gasteiger charge is 2.32. The van der Waals surface area contributed by atoms with Crippen LogP contribution >= 0.6 is 11.3 Å². The summed E-state index contributed by atoms with van der Waals surface area (Å²) in [5.41, 5.74) is -0.0595. The van der Waals surface area contributed by atoms with Gasteiger partial charge in [-0.25, -0.2) is 21.8 Å². The number of carbonyl (C=O) groups is 1. The molecule has 37 heavy (non-hydrogen) atoms. The molecule has 11 nitrogen and oxygen atoms in total. The highest BCUT2D eigenvalue weighted by molar-refractivity contribution is 7.93. The molecule has 2 aromatic carbocycles. The van der Waals surface area contributed by atoms with Crippen LogP contribution in [-0.4, -0.2) is 49.5 Å². The fourth-order valence-corrected chi connectivity index (χ4v) is 8.28. The minimum absolute atomic E-state index is 0.0290. The number of hydrogen-bond acceptors (Lipinski definition) is 9. The molecule has 1 unspecified atom stereocenters. The number of rotatable bonds is 8. The lowest BCUT2D eigenvalue weighted by atomic mass is 10.0. The number of hydrogen-bond donors (Lipinski definition) is 1. The molecule has 1 fully saturated rings. The number of nitro benzene ring substituents is 1. The van der Waals surface area contributed by atoms with E-state index in [1.54, 1.807) is 0 Å². The molecule has 0 spiro atoms. The Kier molecular flexibility index (Phi) is 7.73. The standard InChI is InChI=1S/C23H24N4O7S3/c1-2-17-5-3-4-14-26(17)37(33,34)20-10-6-16(7-11-20)22(28)25-23-24-15-21(35-23)36(31,32)19-12-8-18(9-13-19)27(29)30/h6-13,15,17H,2-5,14H2,1H3,(H,24,25,28). The molecule has 0 aliphatic carbocycles. The Hall–Kier alpha value is -3.20. The van der Waals surface area contributed by atoms with Crippen LogP contribution in [0.4, 0.5) is 10.8 Å². The van der Waals surface area contributed by atoms with Crippen molar-refractivity contribution in [2.75, 3.05) is 11.9 Å². The van der Waals surface area contributed by atoms with Crippen molar-refractivity contribution in [1.29, 1.82) is 0 Å². The number of nitro groups is 1. The molecule has 14 heteroatoms. The van der Waals surface area contributed by atoms with Gasteiger partial charge in [0, 0.05) is 30.3 Å². The number of sulfonamides is 1. The molecule has 1 aliphatic heterocycles. The second kappa shape index (κ2) is 10.7. The first-order valence-electron chi connectivity index (χ1n) is 11.4. The molecule has 1 N–H and O–H groups in total. The van der Waals surface area contributed by atoms with Gasteiger partial charge < -0.3 is 0 Å². The molecular weight excluding hydrogens is 540 g/mol. The molecule has 3 aromatic rings. The van der Waals surface area contributed by atoms with Crippen LogP contribution < -0.4 is 5.32 Å². The Balaban J connectivity index is 1.47. The van der Waals surface area contributed by atoms with E-state index in [-0.39, 0.29) is 36.4 Å². The molecule has 0 saturated carbocycles. The number of non-ortho nitro benzene ring substituents is 1. The number of benzene rings is 2. The largest absolute Gasteiger partial charge is 0.298 e. The summed E-state index contributed by atoms with van der Waals surface area (Å²) in [6, 6.07) is 9.98. The summed E-state index contributed by atoms with van der Waals surface area (Å²) in [6.07, 6.45) is 4.46. The first-order valence-corrected chi connectivity index (χ1v) is 15.2. The Morgan fingerprint density at radius 3 is 2.35 bits per heavy atom. The number of nitrogens with one attached hydrogen (secondary N) is 1. The highest BCUT2D eigenvalue weighted by atomic mass is 32.2. The minimum atomic E-state index is -3.99. The van der Waals surface area contributed by atoms with Crippen molar-refractivity contribution in [1.82, 2.24) is 9.29 Å². The first-order chi connectivity index (χ1) is 17.5. The van der Waals surface area contributed by atoms with Crippen molar-refractivity contribution < 1.29 is 26.6 Å². The number of anilines is 1. The highest BCUT2D eigenvalue weighted by Crippen LogP contribution is 2.30. The van der Waals surface area contributed by atoms with Gasteiger partial charge in [0.25, 0.3) is 11.6 Å². The van der Waals surface area contributed by atoms with Gasteiger partial charge in [0.15, 0.2) is 5.13 Å². The summed E-state index contributed by atoms with van der Waals surface area (Å²) in [6.45, 7) is 2.44. The average Bonchev–Trinajstić information content (AvgIpc) is 3.38. The number of carbonyl (C=O) groups excluding carboxylic acids is 1. The molecule has 0 bridgehead atoms. The van der Waals surface area contributed by atoms with Crippen LogP contribution in [0.3, 0.4) is 0 Å². The van der Waals surface area contributed by atoms with Crippen molar-refractivity contribution in [3.8, 4) is 0 Å². The van der Waals surface area contributed by atoms with Gasteiger partial charge in [0.2, 0.25) is 19.9 Å². The van der Waals surface area contributed by atoms with Crippen LogP contribution in [0.1, 0.15) is 43.0 Å². The van der Waals surface area contributed by atoms with E-state index in [1.165, 1.54) is 28.6 Å². The molecule has 1 aliphatic rings. The number of amides is 1.